The number of thioether (sulfide) groups is 1. The van der Waals surface area contributed by atoms with Gasteiger partial charge in [0.15, 0.2) is 5.11 Å². The Morgan fingerprint density at radius 1 is 1.33 bits per heavy atom. The first-order valence-corrected chi connectivity index (χ1v) is 8.30. The quantitative estimate of drug-likeness (QED) is 0.544. The van der Waals surface area contributed by atoms with Crippen molar-refractivity contribution in [3.8, 4) is 0 Å². The van der Waals surface area contributed by atoms with Crippen LogP contribution < -0.4 is 4.90 Å². The number of hydrogen-bond acceptors (Lipinski definition) is 3. The third-order valence-corrected chi connectivity index (χ3v) is 5.29. The molecule has 3 nitrogen and oxygen atoms in total. The largest absolute Gasteiger partial charge is 0.327 e. The highest BCUT2D eigenvalue weighted by atomic mass is 127. The Labute approximate surface area is 129 Å². The van der Waals surface area contributed by atoms with Crippen LogP contribution in [0.4, 0.5) is 5.69 Å². The normalized spacial score (nSPS) is 23.5. The van der Waals surface area contributed by atoms with E-state index >= 15 is 0 Å². The molecular weight excluding hydrogens is 379 g/mol. The van der Waals surface area contributed by atoms with E-state index in [1.54, 1.807) is 4.90 Å². The zero-order chi connectivity index (χ0) is 12.7. The van der Waals surface area contributed by atoms with Gasteiger partial charge in [-0.1, -0.05) is 0 Å². The van der Waals surface area contributed by atoms with Crippen LogP contribution in [0, 0.1) is 3.57 Å². The Morgan fingerprint density at radius 2 is 2.06 bits per heavy atom. The average molecular weight is 390 g/mol. The van der Waals surface area contributed by atoms with Crippen molar-refractivity contribution in [2.45, 2.75) is 12.5 Å². The monoisotopic (exact) mass is 390 g/mol. The molecule has 0 bridgehead atoms. The van der Waals surface area contributed by atoms with Crippen LogP contribution in [0.25, 0.3) is 0 Å². The number of amides is 1. The molecule has 0 radical (unpaired) electrons. The third-order valence-electron chi connectivity index (χ3n) is 3.17. The van der Waals surface area contributed by atoms with Crippen molar-refractivity contribution in [3.63, 3.8) is 0 Å². The number of nitrogens with zero attached hydrogens (tertiary/aromatic N) is 2. The summed E-state index contributed by atoms with van der Waals surface area (Å²) < 4.78 is 1.15. The number of thiocarbonyl (C=S) groups is 1. The van der Waals surface area contributed by atoms with E-state index in [2.05, 4.69) is 22.6 Å². The molecule has 1 aromatic carbocycles. The summed E-state index contributed by atoms with van der Waals surface area (Å²) >= 11 is 9.53. The Balaban J connectivity index is 1.95. The second-order valence-corrected chi connectivity index (χ2v) is 6.93. The van der Waals surface area contributed by atoms with Crippen LogP contribution in [-0.4, -0.2) is 33.6 Å². The van der Waals surface area contributed by atoms with Crippen molar-refractivity contribution in [2.75, 3.05) is 16.5 Å². The van der Waals surface area contributed by atoms with Crippen LogP contribution in [0.2, 0.25) is 0 Å². The standard InChI is InChI=1S/C12H11IN2OS2/c13-8-1-3-9(4-2-8)15-11(16)10-5-6-18-7-14(10)12(15)17/h1-4,10H,5-7H2. The van der Waals surface area contributed by atoms with Crippen molar-refractivity contribution in [2.24, 2.45) is 0 Å². The first kappa shape index (κ1) is 12.7. The van der Waals surface area contributed by atoms with E-state index in [-0.39, 0.29) is 11.9 Å². The zero-order valence-corrected chi connectivity index (χ0v) is 13.3. The number of fused-ring (bicyclic) bond motifs is 1. The SMILES string of the molecule is O=C1C2CCSCN2C(=S)N1c1ccc(I)cc1. The van der Waals surface area contributed by atoms with Crippen LogP contribution in [0.1, 0.15) is 6.42 Å². The van der Waals surface area contributed by atoms with E-state index in [1.165, 1.54) is 0 Å². The summed E-state index contributed by atoms with van der Waals surface area (Å²) in [4.78, 5) is 16.1. The van der Waals surface area contributed by atoms with Crippen molar-refractivity contribution in [3.05, 3.63) is 27.8 Å². The van der Waals surface area contributed by atoms with Gasteiger partial charge in [0.1, 0.15) is 6.04 Å². The second kappa shape index (κ2) is 4.97. The molecule has 2 fully saturated rings. The van der Waals surface area contributed by atoms with E-state index in [4.69, 9.17) is 12.2 Å². The van der Waals surface area contributed by atoms with E-state index in [9.17, 15) is 4.79 Å². The summed E-state index contributed by atoms with van der Waals surface area (Å²) in [6.45, 7) is 0. The van der Waals surface area contributed by atoms with Gasteiger partial charge >= 0.3 is 0 Å². The molecule has 1 amide bonds. The summed E-state index contributed by atoms with van der Waals surface area (Å²) in [6.07, 6.45) is 0.893. The maximum Gasteiger partial charge on any atom is 0.256 e. The number of hydrogen-bond donors (Lipinski definition) is 0. The highest BCUT2D eigenvalue weighted by Gasteiger charge is 2.44. The molecule has 2 heterocycles. The Bertz CT molecular complexity index is 481. The molecule has 3 rings (SSSR count). The first-order valence-electron chi connectivity index (χ1n) is 5.66. The molecule has 0 aliphatic carbocycles. The topological polar surface area (TPSA) is 23.6 Å². The van der Waals surface area contributed by atoms with Gasteiger partial charge in [0.05, 0.1) is 11.6 Å². The fourth-order valence-electron chi connectivity index (χ4n) is 2.25. The minimum absolute atomic E-state index is 0.0435. The molecule has 0 spiro atoms. The summed E-state index contributed by atoms with van der Waals surface area (Å²) in [7, 11) is 0. The fourth-order valence-corrected chi connectivity index (χ4v) is 4.09. The molecule has 18 heavy (non-hydrogen) atoms. The highest BCUT2D eigenvalue weighted by Crippen LogP contribution is 2.32. The lowest BCUT2D eigenvalue weighted by molar-refractivity contribution is -0.119. The van der Waals surface area contributed by atoms with Gasteiger partial charge in [0.2, 0.25) is 0 Å². The first-order chi connectivity index (χ1) is 8.68. The van der Waals surface area contributed by atoms with E-state index < -0.39 is 0 Å². The van der Waals surface area contributed by atoms with Crippen molar-refractivity contribution < 1.29 is 4.79 Å². The molecule has 0 N–H and O–H groups in total. The number of halogens is 1. The number of benzene rings is 1. The molecule has 1 atom stereocenters. The van der Waals surface area contributed by atoms with E-state index in [0.29, 0.717) is 5.11 Å². The number of rotatable bonds is 1. The van der Waals surface area contributed by atoms with E-state index in [0.717, 1.165) is 27.3 Å². The van der Waals surface area contributed by atoms with Crippen LogP contribution >= 0.6 is 46.6 Å². The fraction of sp³-hybridized carbons (Fsp3) is 0.333. The lowest BCUT2D eigenvalue weighted by Gasteiger charge is -2.27. The molecule has 2 saturated heterocycles. The van der Waals surface area contributed by atoms with Gasteiger partial charge in [-0.2, -0.15) is 0 Å². The van der Waals surface area contributed by atoms with Crippen LogP contribution in [-0.2, 0) is 4.79 Å². The smallest absolute Gasteiger partial charge is 0.256 e. The summed E-state index contributed by atoms with van der Waals surface area (Å²) in [5.41, 5.74) is 0.879. The van der Waals surface area contributed by atoms with Gasteiger partial charge in [-0.25, -0.2) is 0 Å². The number of carbonyl (C=O) groups excluding carboxylic acids is 1. The second-order valence-electron chi connectivity index (χ2n) is 4.24. The summed E-state index contributed by atoms with van der Waals surface area (Å²) in [5, 5.41) is 0.651. The highest BCUT2D eigenvalue weighted by molar-refractivity contribution is 14.1. The Kier molecular flexibility index (Phi) is 3.50. The van der Waals surface area contributed by atoms with Crippen molar-refractivity contribution >= 4 is 63.3 Å². The lowest BCUT2D eigenvalue weighted by Crippen LogP contribution is -2.38. The molecule has 1 aromatic rings. The summed E-state index contributed by atoms with van der Waals surface area (Å²) in [6, 6.07) is 7.86. The average Bonchev–Trinajstić information content (AvgIpc) is 2.64. The number of anilines is 1. The Morgan fingerprint density at radius 3 is 2.72 bits per heavy atom. The maximum absolute atomic E-state index is 12.4. The maximum atomic E-state index is 12.4. The van der Waals surface area contributed by atoms with Gasteiger partial charge in [-0.3, -0.25) is 9.69 Å². The molecule has 6 heteroatoms. The zero-order valence-electron chi connectivity index (χ0n) is 9.51. The van der Waals surface area contributed by atoms with Crippen molar-refractivity contribution in [1.29, 1.82) is 0 Å². The molecular formula is C12H11IN2OS2. The van der Waals surface area contributed by atoms with Crippen molar-refractivity contribution in [1.82, 2.24) is 4.90 Å². The van der Waals surface area contributed by atoms with Gasteiger partial charge in [0, 0.05) is 3.57 Å². The Hall–Kier alpha value is -0.340. The number of carbonyl (C=O) groups is 1. The minimum atomic E-state index is -0.0435. The predicted molar refractivity (Wildman–Crippen MR) is 86.8 cm³/mol. The summed E-state index contributed by atoms with van der Waals surface area (Å²) in [5.74, 6) is 1.99. The van der Waals surface area contributed by atoms with Crippen LogP contribution in [0.15, 0.2) is 24.3 Å². The molecule has 0 saturated carbocycles. The molecule has 2 aliphatic heterocycles. The molecule has 0 aromatic heterocycles. The predicted octanol–water partition coefficient (Wildman–Crippen LogP) is 2.69. The van der Waals surface area contributed by atoms with Crippen LogP contribution in [0.3, 0.4) is 0 Å². The molecule has 1 unspecified atom stereocenters. The van der Waals surface area contributed by atoms with Gasteiger partial charge in [-0.15, -0.1) is 11.8 Å². The van der Waals surface area contributed by atoms with Gasteiger partial charge in [0.25, 0.3) is 5.91 Å². The third kappa shape index (κ3) is 2.04. The van der Waals surface area contributed by atoms with Gasteiger partial charge < -0.3 is 4.90 Å². The van der Waals surface area contributed by atoms with Gasteiger partial charge in [-0.05, 0) is 71.2 Å². The van der Waals surface area contributed by atoms with Crippen LogP contribution in [0.5, 0.6) is 0 Å². The van der Waals surface area contributed by atoms with E-state index in [1.807, 2.05) is 40.9 Å². The lowest BCUT2D eigenvalue weighted by atomic mass is 10.2. The molecule has 94 valence electrons. The minimum Gasteiger partial charge on any atom is -0.327 e. The molecule has 2 aliphatic rings.